The van der Waals surface area contributed by atoms with Gasteiger partial charge in [-0.3, -0.25) is 0 Å². The molecule has 0 amide bonds. The summed E-state index contributed by atoms with van der Waals surface area (Å²) in [5.41, 5.74) is 0.817. The van der Waals surface area contributed by atoms with Gasteiger partial charge >= 0.3 is 0 Å². The van der Waals surface area contributed by atoms with Gasteiger partial charge in [0.05, 0.1) is 19.3 Å². The third-order valence-corrected chi connectivity index (χ3v) is 2.71. The predicted octanol–water partition coefficient (Wildman–Crippen LogP) is 1.23. The van der Waals surface area contributed by atoms with Crippen LogP contribution in [-0.4, -0.2) is 50.6 Å². The maximum atomic E-state index is 9.44. The summed E-state index contributed by atoms with van der Waals surface area (Å²) in [4.78, 5) is 6.46. The van der Waals surface area contributed by atoms with Crippen molar-refractivity contribution in [1.29, 1.82) is 0 Å². The van der Waals surface area contributed by atoms with E-state index in [4.69, 9.17) is 9.47 Å². The smallest absolute Gasteiger partial charge is 0.128 e. The van der Waals surface area contributed by atoms with Gasteiger partial charge < -0.3 is 19.5 Å². The molecule has 1 rings (SSSR count). The largest absolute Gasteiger partial charge is 0.389 e. The first-order chi connectivity index (χ1) is 8.69. The van der Waals surface area contributed by atoms with Crippen LogP contribution in [0.25, 0.3) is 0 Å². The second kappa shape index (κ2) is 8.02. The van der Waals surface area contributed by atoms with Gasteiger partial charge in [0.25, 0.3) is 0 Å². The van der Waals surface area contributed by atoms with Crippen molar-refractivity contribution in [2.75, 3.05) is 45.4 Å². The number of nitrogens with zero attached hydrogens (tertiary/aromatic N) is 2. The van der Waals surface area contributed by atoms with Gasteiger partial charge in [0, 0.05) is 33.5 Å². The van der Waals surface area contributed by atoms with E-state index >= 15 is 0 Å². The van der Waals surface area contributed by atoms with Crippen LogP contribution in [0.15, 0.2) is 18.3 Å². The number of hydrogen-bond donors (Lipinski definition) is 1. The van der Waals surface area contributed by atoms with E-state index in [9.17, 15) is 5.11 Å². The molecule has 0 aliphatic heterocycles. The Morgan fingerprint density at radius 2 is 1.83 bits per heavy atom. The van der Waals surface area contributed by atoms with Gasteiger partial charge in [-0.25, -0.2) is 4.98 Å². The van der Waals surface area contributed by atoms with Crippen LogP contribution in [-0.2, 0) is 9.47 Å². The molecule has 0 aliphatic rings. The minimum Gasteiger partial charge on any atom is -0.389 e. The molecule has 5 nitrogen and oxygen atoms in total. The average Bonchev–Trinajstić information content (AvgIpc) is 2.39. The highest BCUT2D eigenvalue weighted by molar-refractivity contribution is 5.39. The fraction of sp³-hybridized carbons (Fsp3) is 0.615. The van der Waals surface area contributed by atoms with Crippen LogP contribution in [0, 0.1) is 0 Å². The van der Waals surface area contributed by atoms with E-state index in [1.807, 2.05) is 12.1 Å². The molecule has 0 aliphatic carbocycles. The summed E-state index contributed by atoms with van der Waals surface area (Å²) in [5.74, 6) is 0.869. The summed E-state index contributed by atoms with van der Waals surface area (Å²) in [5, 5.41) is 9.44. The first-order valence-corrected chi connectivity index (χ1v) is 6.06. The van der Waals surface area contributed by atoms with Gasteiger partial charge in [-0.1, -0.05) is 6.07 Å². The number of aliphatic hydroxyl groups excluding tert-OH is 1. The molecular formula is C13H22N2O3. The average molecular weight is 254 g/mol. The lowest BCUT2D eigenvalue weighted by molar-refractivity contribution is 0.189. The quantitative estimate of drug-likeness (QED) is 0.756. The second-order valence-electron chi connectivity index (χ2n) is 4.10. The Morgan fingerprint density at radius 1 is 1.22 bits per heavy atom. The topological polar surface area (TPSA) is 54.8 Å². The summed E-state index contributed by atoms with van der Waals surface area (Å²) in [6.07, 6.45) is 1.21. The van der Waals surface area contributed by atoms with Gasteiger partial charge in [0.2, 0.25) is 0 Å². The van der Waals surface area contributed by atoms with E-state index in [-0.39, 0.29) is 0 Å². The molecule has 0 aromatic carbocycles. The van der Waals surface area contributed by atoms with Crippen molar-refractivity contribution in [1.82, 2.24) is 4.98 Å². The van der Waals surface area contributed by atoms with Gasteiger partial charge in [-0.05, 0) is 18.6 Å². The zero-order valence-corrected chi connectivity index (χ0v) is 11.3. The standard InChI is InChI=1S/C13H22N2O3/c1-11(16)12-4-5-13(14-10-12)15(6-8-17-2)7-9-18-3/h4-5,10-11,16H,6-9H2,1-3H3. The van der Waals surface area contributed by atoms with Crippen LogP contribution >= 0.6 is 0 Å². The number of aliphatic hydroxyl groups is 1. The van der Waals surface area contributed by atoms with Crippen LogP contribution in [0.3, 0.4) is 0 Å². The first-order valence-electron chi connectivity index (χ1n) is 6.06. The molecule has 1 N–H and O–H groups in total. The minimum atomic E-state index is -0.488. The summed E-state index contributed by atoms with van der Waals surface area (Å²) in [6, 6.07) is 3.80. The Morgan fingerprint density at radius 3 is 2.22 bits per heavy atom. The molecule has 1 atom stereocenters. The molecule has 0 fully saturated rings. The lowest BCUT2D eigenvalue weighted by atomic mass is 10.2. The molecular weight excluding hydrogens is 232 g/mol. The highest BCUT2D eigenvalue weighted by Crippen LogP contribution is 2.15. The maximum Gasteiger partial charge on any atom is 0.128 e. The molecule has 1 aromatic heterocycles. The summed E-state index contributed by atoms with van der Waals surface area (Å²) >= 11 is 0. The van der Waals surface area contributed by atoms with Gasteiger partial charge in [0.1, 0.15) is 5.82 Å². The van der Waals surface area contributed by atoms with Crippen LogP contribution in [0.4, 0.5) is 5.82 Å². The first kappa shape index (κ1) is 14.9. The molecule has 1 unspecified atom stereocenters. The third kappa shape index (κ3) is 4.60. The van der Waals surface area contributed by atoms with Crippen molar-refractivity contribution >= 4 is 5.82 Å². The normalized spacial score (nSPS) is 12.4. The molecule has 102 valence electrons. The maximum absolute atomic E-state index is 9.44. The summed E-state index contributed by atoms with van der Waals surface area (Å²) in [6.45, 7) is 4.54. The zero-order valence-electron chi connectivity index (χ0n) is 11.3. The third-order valence-electron chi connectivity index (χ3n) is 2.71. The Balaban J connectivity index is 2.70. The molecule has 0 bridgehead atoms. The number of rotatable bonds is 8. The second-order valence-corrected chi connectivity index (χ2v) is 4.10. The Kier molecular flexibility index (Phi) is 6.64. The van der Waals surface area contributed by atoms with E-state index in [1.165, 1.54) is 0 Å². The van der Waals surface area contributed by atoms with Crippen molar-refractivity contribution in [3.63, 3.8) is 0 Å². The van der Waals surface area contributed by atoms with Gasteiger partial charge in [-0.15, -0.1) is 0 Å². The van der Waals surface area contributed by atoms with E-state index < -0.39 is 6.10 Å². The molecule has 18 heavy (non-hydrogen) atoms. The van der Waals surface area contributed by atoms with Crippen LogP contribution in [0.1, 0.15) is 18.6 Å². The number of hydrogen-bond acceptors (Lipinski definition) is 5. The molecule has 5 heteroatoms. The van der Waals surface area contributed by atoms with Crippen molar-refractivity contribution in [2.24, 2.45) is 0 Å². The van der Waals surface area contributed by atoms with Crippen molar-refractivity contribution in [3.05, 3.63) is 23.9 Å². The summed E-state index contributed by atoms with van der Waals surface area (Å²) in [7, 11) is 3.36. The SMILES string of the molecule is COCCN(CCOC)c1ccc(C(C)O)cn1. The Labute approximate surface area is 108 Å². The monoisotopic (exact) mass is 254 g/mol. The Hall–Kier alpha value is -1.17. The van der Waals surface area contributed by atoms with Crippen LogP contribution in [0.5, 0.6) is 0 Å². The fourth-order valence-electron chi connectivity index (χ4n) is 1.58. The highest BCUT2D eigenvalue weighted by atomic mass is 16.5. The highest BCUT2D eigenvalue weighted by Gasteiger charge is 2.08. The van der Waals surface area contributed by atoms with Gasteiger partial charge in [-0.2, -0.15) is 0 Å². The minimum absolute atomic E-state index is 0.488. The number of ether oxygens (including phenoxy) is 2. The number of anilines is 1. The van der Waals surface area contributed by atoms with Crippen molar-refractivity contribution in [3.8, 4) is 0 Å². The lowest BCUT2D eigenvalue weighted by Gasteiger charge is -2.23. The van der Waals surface area contributed by atoms with E-state index in [0.717, 1.165) is 24.5 Å². The van der Waals surface area contributed by atoms with Crippen LogP contribution < -0.4 is 4.90 Å². The molecule has 0 saturated heterocycles. The molecule has 0 radical (unpaired) electrons. The van der Waals surface area contributed by atoms with E-state index in [2.05, 4.69) is 9.88 Å². The molecule has 0 saturated carbocycles. The number of pyridine rings is 1. The van der Waals surface area contributed by atoms with E-state index in [1.54, 1.807) is 27.3 Å². The lowest BCUT2D eigenvalue weighted by Crippen LogP contribution is -2.31. The zero-order chi connectivity index (χ0) is 13.4. The van der Waals surface area contributed by atoms with Crippen molar-refractivity contribution in [2.45, 2.75) is 13.0 Å². The molecule has 1 aromatic rings. The van der Waals surface area contributed by atoms with Crippen molar-refractivity contribution < 1.29 is 14.6 Å². The van der Waals surface area contributed by atoms with Crippen LogP contribution in [0.2, 0.25) is 0 Å². The number of methoxy groups -OCH3 is 2. The Bertz CT molecular complexity index is 320. The fourth-order valence-corrected chi connectivity index (χ4v) is 1.58. The molecule has 1 heterocycles. The predicted molar refractivity (Wildman–Crippen MR) is 70.8 cm³/mol. The molecule has 0 spiro atoms. The van der Waals surface area contributed by atoms with E-state index in [0.29, 0.717) is 13.2 Å². The summed E-state index contributed by atoms with van der Waals surface area (Å²) < 4.78 is 10.2. The number of aromatic nitrogens is 1. The van der Waals surface area contributed by atoms with Gasteiger partial charge in [0.15, 0.2) is 0 Å².